The summed E-state index contributed by atoms with van der Waals surface area (Å²) in [6.45, 7) is 2.94. The molecule has 0 heterocycles. The quantitative estimate of drug-likeness (QED) is 0.702. The van der Waals surface area contributed by atoms with Gasteiger partial charge in [-0.2, -0.15) is 0 Å². The molecule has 96 valence electrons. The number of aliphatic hydroxyl groups is 1. The molecule has 0 radical (unpaired) electrons. The van der Waals surface area contributed by atoms with E-state index in [2.05, 4.69) is 6.92 Å². The van der Waals surface area contributed by atoms with Gasteiger partial charge in [-0.3, -0.25) is 0 Å². The number of aliphatic hydroxyl groups excluding tert-OH is 1. The van der Waals surface area contributed by atoms with Crippen molar-refractivity contribution in [2.24, 2.45) is 11.7 Å². The average Bonchev–Trinajstić information content (AvgIpc) is 2.31. The van der Waals surface area contributed by atoms with Crippen molar-refractivity contribution >= 4 is 0 Å². The molecule has 2 atom stereocenters. The summed E-state index contributed by atoms with van der Waals surface area (Å²) < 4.78 is 5.77. The Hall–Kier alpha value is -0.120. The zero-order valence-electron chi connectivity index (χ0n) is 10.5. The summed E-state index contributed by atoms with van der Waals surface area (Å²) in [5, 5.41) is 9.25. The molecule has 0 bridgehead atoms. The first-order valence-electron chi connectivity index (χ1n) is 6.76. The van der Waals surface area contributed by atoms with E-state index >= 15 is 0 Å². The minimum Gasteiger partial charge on any atom is -0.394 e. The standard InChI is InChI=1S/C13H27NO2/c1-2-6-12(14)13(9-15)16-10-11-7-4-3-5-8-11/h11-13,15H,2-10,14H2,1H3. The van der Waals surface area contributed by atoms with Crippen molar-refractivity contribution in [1.82, 2.24) is 0 Å². The van der Waals surface area contributed by atoms with Gasteiger partial charge >= 0.3 is 0 Å². The van der Waals surface area contributed by atoms with E-state index in [1.165, 1.54) is 32.1 Å². The van der Waals surface area contributed by atoms with Crippen LogP contribution >= 0.6 is 0 Å². The smallest absolute Gasteiger partial charge is 0.0956 e. The van der Waals surface area contributed by atoms with Crippen molar-refractivity contribution in [2.45, 2.75) is 64.0 Å². The fourth-order valence-corrected chi connectivity index (χ4v) is 2.44. The minimum absolute atomic E-state index is 0.0152. The molecule has 0 aromatic heterocycles. The molecule has 0 spiro atoms. The van der Waals surface area contributed by atoms with Gasteiger partial charge in [0, 0.05) is 12.6 Å². The minimum atomic E-state index is -0.165. The Kier molecular flexibility index (Phi) is 7.01. The molecular formula is C13H27NO2. The van der Waals surface area contributed by atoms with E-state index in [-0.39, 0.29) is 18.8 Å². The molecule has 1 aliphatic carbocycles. The molecule has 0 aromatic carbocycles. The Morgan fingerprint density at radius 3 is 2.56 bits per heavy atom. The van der Waals surface area contributed by atoms with Gasteiger partial charge in [-0.15, -0.1) is 0 Å². The van der Waals surface area contributed by atoms with Gasteiger partial charge in [0.2, 0.25) is 0 Å². The van der Waals surface area contributed by atoms with Crippen molar-refractivity contribution < 1.29 is 9.84 Å². The first-order chi connectivity index (χ1) is 7.77. The lowest BCUT2D eigenvalue weighted by molar-refractivity contribution is -0.0247. The zero-order valence-corrected chi connectivity index (χ0v) is 10.5. The van der Waals surface area contributed by atoms with E-state index in [0.29, 0.717) is 5.92 Å². The molecule has 3 nitrogen and oxygen atoms in total. The van der Waals surface area contributed by atoms with Crippen molar-refractivity contribution in [2.75, 3.05) is 13.2 Å². The maximum Gasteiger partial charge on any atom is 0.0956 e. The van der Waals surface area contributed by atoms with Crippen LogP contribution in [0.4, 0.5) is 0 Å². The van der Waals surface area contributed by atoms with Crippen LogP contribution in [0.1, 0.15) is 51.9 Å². The van der Waals surface area contributed by atoms with Crippen LogP contribution in [0.2, 0.25) is 0 Å². The first kappa shape index (κ1) is 13.9. The predicted molar refractivity (Wildman–Crippen MR) is 66.3 cm³/mol. The molecule has 0 aromatic rings. The summed E-state index contributed by atoms with van der Waals surface area (Å²) in [5.41, 5.74) is 5.97. The summed E-state index contributed by atoms with van der Waals surface area (Å²) in [6, 6.07) is -0.0152. The fraction of sp³-hybridized carbons (Fsp3) is 1.00. The Morgan fingerprint density at radius 2 is 2.00 bits per heavy atom. The maximum atomic E-state index is 9.25. The Bertz CT molecular complexity index is 169. The molecule has 0 saturated heterocycles. The number of hydrogen-bond acceptors (Lipinski definition) is 3. The summed E-state index contributed by atoms with van der Waals surface area (Å²) in [4.78, 5) is 0. The summed E-state index contributed by atoms with van der Waals surface area (Å²) in [5.74, 6) is 0.691. The highest BCUT2D eigenvalue weighted by Crippen LogP contribution is 2.24. The fourth-order valence-electron chi connectivity index (χ4n) is 2.44. The number of rotatable bonds is 7. The average molecular weight is 229 g/mol. The molecule has 1 saturated carbocycles. The van der Waals surface area contributed by atoms with Gasteiger partial charge in [0.25, 0.3) is 0 Å². The molecule has 0 amide bonds. The van der Waals surface area contributed by atoms with E-state index < -0.39 is 0 Å². The summed E-state index contributed by atoms with van der Waals surface area (Å²) in [7, 11) is 0. The van der Waals surface area contributed by atoms with Gasteiger partial charge in [0.15, 0.2) is 0 Å². The van der Waals surface area contributed by atoms with Crippen LogP contribution in [-0.4, -0.2) is 30.5 Å². The van der Waals surface area contributed by atoms with Crippen LogP contribution in [0.25, 0.3) is 0 Å². The highest BCUT2D eigenvalue weighted by atomic mass is 16.5. The Balaban J connectivity index is 2.21. The topological polar surface area (TPSA) is 55.5 Å². The van der Waals surface area contributed by atoms with Crippen LogP contribution < -0.4 is 5.73 Å². The molecule has 0 aliphatic heterocycles. The van der Waals surface area contributed by atoms with Gasteiger partial charge < -0.3 is 15.6 Å². The van der Waals surface area contributed by atoms with Crippen molar-refractivity contribution in [3.8, 4) is 0 Å². The van der Waals surface area contributed by atoms with E-state index in [1.807, 2.05) is 0 Å². The largest absolute Gasteiger partial charge is 0.394 e. The van der Waals surface area contributed by atoms with Crippen LogP contribution in [0.5, 0.6) is 0 Å². The number of nitrogens with two attached hydrogens (primary N) is 1. The predicted octanol–water partition coefficient (Wildman–Crippen LogP) is 2.07. The van der Waals surface area contributed by atoms with Crippen LogP contribution in [0.15, 0.2) is 0 Å². The van der Waals surface area contributed by atoms with E-state index in [9.17, 15) is 5.11 Å². The molecule has 1 aliphatic rings. The summed E-state index contributed by atoms with van der Waals surface area (Å²) >= 11 is 0. The van der Waals surface area contributed by atoms with E-state index in [1.54, 1.807) is 0 Å². The Labute approximate surface area is 99.4 Å². The lowest BCUT2D eigenvalue weighted by Crippen LogP contribution is -2.40. The molecule has 16 heavy (non-hydrogen) atoms. The second-order valence-electron chi connectivity index (χ2n) is 5.01. The SMILES string of the molecule is CCCC(N)C(CO)OCC1CCCCC1. The number of hydrogen-bond donors (Lipinski definition) is 2. The van der Waals surface area contributed by atoms with E-state index in [4.69, 9.17) is 10.5 Å². The monoisotopic (exact) mass is 229 g/mol. The highest BCUT2D eigenvalue weighted by molar-refractivity contribution is 4.73. The Morgan fingerprint density at radius 1 is 1.31 bits per heavy atom. The van der Waals surface area contributed by atoms with Gasteiger partial charge in [-0.05, 0) is 25.2 Å². The van der Waals surface area contributed by atoms with Gasteiger partial charge in [-0.25, -0.2) is 0 Å². The number of ether oxygens (including phenoxy) is 1. The second-order valence-corrected chi connectivity index (χ2v) is 5.01. The van der Waals surface area contributed by atoms with Crippen molar-refractivity contribution in [3.63, 3.8) is 0 Å². The first-order valence-corrected chi connectivity index (χ1v) is 6.76. The van der Waals surface area contributed by atoms with Crippen LogP contribution in [0, 0.1) is 5.92 Å². The third-order valence-corrected chi connectivity index (χ3v) is 3.55. The lowest BCUT2D eigenvalue weighted by atomic mass is 9.90. The maximum absolute atomic E-state index is 9.25. The normalized spacial score (nSPS) is 21.9. The second kappa shape index (κ2) is 8.04. The molecule has 1 rings (SSSR count). The van der Waals surface area contributed by atoms with Crippen molar-refractivity contribution in [3.05, 3.63) is 0 Å². The lowest BCUT2D eigenvalue weighted by Gasteiger charge is -2.27. The van der Waals surface area contributed by atoms with Crippen LogP contribution in [0.3, 0.4) is 0 Å². The van der Waals surface area contributed by atoms with Gasteiger partial charge in [0.1, 0.15) is 0 Å². The molecule has 2 unspecified atom stereocenters. The highest BCUT2D eigenvalue weighted by Gasteiger charge is 2.20. The molecular weight excluding hydrogens is 202 g/mol. The molecule has 3 N–H and O–H groups in total. The van der Waals surface area contributed by atoms with E-state index in [0.717, 1.165) is 19.4 Å². The van der Waals surface area contributed by atoms with Gasteiger partial charge in [0.05, 0.1) is 12.7 Å². The van der Waals surface area contributed by atoms with Crippen LogP contribution in [-0.2, 0) is 4.74 Å². The zero-order chi connectivity index (χ0) is 11.8. The third kappa shape index (κ3) is 4.81. The summed E-state index contributed by atoms with van der Waals surface area (Å²) in [6.07, 6.45) is 8.40. The molecule has 1 fully saturated rings. The van der Waals surface area contributed by atoms with Gasteiger partial charge in [-0.1, -0.05) is 32.6 Å². The third-order valence-electron chi connectivity index (χ3n) is 3.55. The molecule has 3 heteroatoms. The van der Waals surface area contributed by atoms with Crippen molar-refractivity contribution in [1.29, 1.82) is 0 Å².